The van der Waals surface area contributed by atoms with Crippen molar-refractivity contribution in [1.29, 1.82) is 0 Å². The second-order valence-corrected chi connectivity index (χ2v) is 9.28. The van der Waals surface area contributed by atoms with E-state index in [-0.39, 0.29) is 29.6 Å². The number of aryl methyl sites for hydroxylation is 1. The SMILES string of the molecule is COc1cc(N2CCC(COc3cc4c(cn3)CCC4OC(C)=O)CC2)c(OCC(F)(F)C(F)(F)F)cn1. The quantitative estimate of drug-likeness (QED) is 0.325. The topological polar surface area (TPSA) is 83.0 Å². The van der Waals surface area contributed by atoms with Crippen molar-refractivity contribution in [2.24, 2.45) is 5.92 Å². The summed E-state index contributed by atoms with van der Waals surface area (Å²) in [5, 5.41) is 0. The smallest absolute Gasteiger partial charge is 0.456 e. The number of anilines is 1. The molecule has 0 saturated carbocycles. The van der Waals surface area contributed by atoms with Crippen LogP contribution < -0.4 is 19.1 Å². The van der Waals surface area contributed by atoms with E-state index >= 15 is 0 Å². The number of nitrogens with zero attached hydrogens (tertiary/aromatic N) is 3. The Bertz CT molecular complexity index is 1140. The highest BCUT2D eigenvalue weighted by Crippen LogP contribution is 2.39. The van der Waals surface area contributed by atoms with Crippen molar-refractivity contribution in [2.45, 2.75) is 50.8 Å². The van der Waals surface area contributed by atoms with E-state index in [0.717, 1.165) is 23.7 Å². The fourth-order valence-electron chi connectivity index (χ4n) is 4.51. The largest absolute Gasteiger partial charge is 0.483 e. The maximum Gasteiger partial charge on any atom is 0.456 e. The number of piperidine rings is 1. The van der Waals surface area contributed by atoms with Crippen molar-refractivity contribution in [1.82, 2.24) is 9.97 Å². The average Bonchev–Trinajstić information content (AvgIpc) is 3.27. The summed E-state index contributed by atoms with van der Waals surface area (Å²) in [6.45, 7) is 0.878. The number of pyridine rings is 2. The van der Waals surface area contributed by atoms with Crippen molar-refractivity contribution < 1.29 is 45.7 Å². The molecule has 0 bridgehead atoms. The molecule has 1 fully saturated rings. The molecule has 3 heterocycles. The molecule has 0 aromatic carbocycles. The van der Waals surface area contributed by atoms with Crippen LogP contribution in [0, 0.1) is 5.92 Å². The molecular weight excluding hydrogens is 517 g/mol. The third kappa shape index (κ3) is 6.36. The monoisotopic (exact) mass is 545 g/mol. The average molecular weight is 546 g/mol. The van der Waals surface area contributed by atoms with Crippen molar-refractivity contribution >= 4 is 11.7 Å². The van der Waals surface area contributed by atoms with E-state index in [0.29, 0.717) is 50.5 Å². The van der Waals surface area contributed by atoms with Gasteiger partial charge in [-0.25, -0.2) is 9.97 Å². The molecule has 1 unspecified atom stereocenters. The molecule has 13 heteroatoms. The second-order valence-electron chi connectivity index (χ2n) is 9.28. The first-order chi connectivity index (χ1) is 18.0. The highest BCUT2D eigenvalue weighted by Gasteiger charge is 2.58. The number of fused-ring (bicyclic) bond motifs is 1. The lowest BCUT2D eigenvalue weighted by atomic mass is 9.97. The Morgan fingerprint density at radius 3 is 2.39 bits per heavy atom. The summed E-state index contributed by atoms with van der Waals surface area (Å²) in [7, 11) is 1.37. The summed E-state index contributed by atoms with van der Waals surface area (Å²) in [5.41, 5.74) is 2.25. The molecule has 1 saturated heterocycles. The number of hydrogen-bond donors (Lipinski definition) is 0. The molecule has 38 heavy (non-hydrogen) atoms. The molecule has 2 aromatic heterocycles. The van der Waals surface area contributed by atoms with Crippen molar-refractivity contribution in [3.05, 3.63) is 35.7 Å². The fraction of sp³-hybridized carbons (Fsp3) is 0.560. The minimum atomic E-state index is -5.72. The van der Waals surface area contributed by atoms with Gasteiger partial charge in [0.1, 0.15) is 6.10 Å². The zero-order chi connectivity index (χ0) is 27.5. The summed E-state index contributed by atoms with van der Waals surface area (Å²) in [6, 6.07) is 3.25. The number of hydrogen-bond acceptors (Lipinski definition) is 8. The fourth-order valence-corrected chi connectivity index (χ4v) is 4.51. The molecule has 0 radical (unpaired) electrons. The Balaban J connectivity index is 1.35. The first-order valence-corrected chi connectivity index (χ1v) is 12.1. The van der Waals surface area contributed by atoms with Crippen LogP contribution in [0.3, 0.4) is 0 Å². The van der Waals surface area contributed by atoms with Gasteiger partial charge in [-0.1, -0.05) is 0 Å². The normalized spacial score (nSPS) is 18.2. The summed E-state index contributed by atoms with van der Waals surface area (Å²) in [5.74, 6) is -4.76. The number of esters is 1. The van der Waals surface area contributed by atoms with Crippen LogP contribution in [-0.2, 0) is 16.0 Å². The summed E-state index contributed by atoms with van der Waals surface area (Å²) < 4.78 is 85.8. The van der Waals surface area contributed by atoms with Gasteiger partial charge in [0.05, 0.1) is 25.6 Å². The number of methoxy groups -OCH3 is 1. The van der Waals surface area contributed by atoms with Crippen LogP contribution in [0.5, 0.6) is 17.5 Å². The second kappa shape index (κ2) is 11.2. The van der Waals surface area contributed by atoms with Crippen LogP contribution in [0.25, 0.3) is 0 Å². The number of rotatable bonds is 9. The van der Waals surface area contributed by atoms with Crippen molar-refractivity contribution in [3.8, 4) is 17.5 Å². The van der Waals surface area contributed by atoms with Gasteiger partial charge in [0.15, 0.2) is 12.4 Å². The molecule has 0 N–H and O–H groups in total. The number of ether oxygens (including phenoxy) is 4. The molecule has 0 amide bonds. The maximum atomic E-state index is 13.4. The predicted molar refractivity (Wildman–Crippen MR) is 125 cm³/mol. The summed E-state index contributed by atoms with van der Waals surface area (Å²) in [4.78, 5) is 21.4. The van der Waals surface area contributed by atoms with Crippen LogP contribution in [0.1, 0.15) is 43.4 Å². The number of aromatic nitrogens is 2. The van der Waals surface area contributed by atoms with Crippen molar-refractivity contribution in [3.63, 3.8) is 0 Å². The van der Waals surface area contributed by atoms with E-state index in [1.165, 1.54) is 20.1 Å². The predicted octanol–water partition coefficient (Wildman–Crippen LogP) is 4.91. The highest BCUT2D eigenvalue weighted by atomic mass is 19.4. The van der Waals surface area contributed by atoms with Gasteiger partial charge in [-0.3, -0.25) is 4.79 Å². The van der Waals surface area contributed by atoms with Gasteiger partial charge in [0, 0.05) is 43.9 Å². The zero-order valence-corrected chi connectivity index (χ0v) is 20.9. The van der Waals surface area contributed by atoms with Gasteiger partial charge in [-0.05, 0) is 37.2 Å². The number of alkyl halides is 5. The molecule has 1 aliphatic carbocycles. The van der Waals surface area contributed by atoms with Crippen LogP contribution >= 0.6 is 0 Å². The molecule has 4 rings (SSSR count). The van der Waals surface area contributed by atoms with E-state index in [2.05, 4.69) is 9.97 Å². The van der Waals surface area contributed by atoms with Crippen molar-refractivity contribution in [2.75, 3.05) is 38.3 Å². The number of carbonyl (C=O) groups is 1. The van der Waals surface area contributed by atoms with Gasteiger partial charge >= 0.3 is 18.1 Å². The Labute approximate surface area is 216 Å². The van der Waals surface area contributed by atoms with Gasteiger partial charge in [0.25, 0.3) is 0 Å². The molecule has 2 aromatic rings. The summed E-state index contributed by atoms with van der Waals surface area (Å²) >= 11 is 0. The van der Waals surface area contributed by atoms with Gasteiger partial charge in [0.2, 0.25) is 11.8 Å². The lowest BCUT2D eigenvalue weighted by molar-refractivity contribution is -0.289. The Morgan fingerprint density at radius 2 is 1.74 bits per heavy atom. The Hall–Kier alpha value is -3.38. The lowest BCUT2D eigenvalue weighted by Crippen LogP contribution is -2.42. The lowest BCUT2D eigenvalue weighted by Gasteiger charge is -2.34. The molecular formula is C25H28F5N3O5. The van der Waals surface area contributed by atoms with Gasteiger partial charge in [-0.15, -0.1) is 0 Å². The first-order valence-electron chi connectivity index (χ1n) is 12.1. The minimum absolute atomic E-state index is 0.160. The van der Waals surface area contributed by atoms with Gasteiger partial charge in [-0.2, -0.15) is 22.0 Å². The van der Waals surface area contributed by atoms with Gasteiger partial charge < -0.3 is 23.8 Å². The minimum Gasteiger partial charge on any atom is -0.483 e. The van der Waals surface area contributed by atoms with E-state index in [4.69, 9.17) is 18.9 Å². The molecule has 1 atom stereocenters. The van der Waals surface area contributed by atoms with E-state index in [9.17, 15) is 26.7 Å². The molecule has 2 aliphatic rings. The molecule has 8 nitrogen and oxygen atoms in total. The maximum absolute atomic E-state index is 13.4. The van der Waals surface area contributed by atoms with Crippen LogP contribution in [0.2, 0.25) is 0 Å². The van der Waals surface area contributed by atoms with Crippen LogP contribution in [-0.4, -0.2) is 61.4 Å². The first kappa shape index (κ1) is 27.6. The third-order valence-electron chi connectivity index (χ3n) is 6.61. The van der Waals surface area contributed by atoms with E-state index in [1.54, 1.807) is 12.3 Å². The Kier molecular flexibility index (Phi) is 8.12. The van der Waals surface area contributed by atoms with E-state index in [1.807, 2.05) is 4.90 Å². The molecule has 208 valence electrons. The van der Waals surface area contributed by atoms with Crippen LogP contribution in [0.4, 0.5) is 27.6 Å². The zero-order valence-electron chi connectivity index (χ0n) is 20.9. The highest BCUT2D eigenvalue weighted by molar-refractivity contribution is 5.66. The van der Waals surface area contributed by atoms with Crippen LogP contribution in [0.15, 0.2) is 24.5 Å². The number of halogens is 5. The summed E-state index contributed by atoms with van der Waals surface area (Å²) in [6.07, 6.45) is -0.388. The van der Waals surface area contributed by atoms with E-state index < -0.39 is 18.7 Å². The number of carbonyl (C=O) groups excluding carboxylic acids is 1. The third-order valence-corrected chi connectivity index (χ3v) is 6.61. The Morgan fingerprint density at radius 1 is 1.03 bits per heavy atom. The molecule has 1 aliphatic heterocycles. The molecule has 0 spiro atoms. The standard InChI is InChI=1S/C25H28F5N3O5/c1-15(34)38-20-4-3-17-11-31-23(9-18(17)20)36-13-16-5-7-33(8-6-16)19-10-22(35-2)32-12-21(19)37-14-24(26,27)25(28,29)30/h9-12,16,20H,3-8,13-14H2,1-2H3.